The predicted octanol–water partition coefficient (Wildman–Crippen LogP) is 4.65. The fourth-order valence-electron chi connectivity index (χ4n) is 3.32. The lowest BCUT2D eigenvalue weighted by molar-refractivity contribution is -0.113. The van der Waals surface area contributed by atoms with Gasteiger partial charge in [-0.25, -0.2) is 4.98 Å². The number of hydrogen-bond donors (Lipinski definition) is 1. The molecule has 0 aliphatic heterocycles. The number of nitrogens with one attached hydrogen (secondary N) is 1. The fourth-order valence-corrected chi connectivity index (χ4v) is 4.28. The summed E-state index contributed by atoms with van der Waals surface area (Å²) in [5.41, 5.74) is 4.28. The molecule has 0 saturated heterocycles. The largest absolute Gasteiger partial charge is 0.325 e. The van der Waals surface area contributed by atoms with Crippen molar-refractivity contribution in [2.24, 2.45) is 0 Å². The van der Waals surface area contributed by atoms with Gasteiger partial charge in [-0.3, -0.25) is 4.79 Å². The molecule has 3 rings (SSSR count). The second kappa shape index (κ2) is 7.43. The number of amides is 1. The molecule has 5 heteroatoms. The van der Waals surface area contributed by atoms with Gasteiger partial charge >= 0.3 is 0 Å². The summed E-state index contributed by atoms with van der Waals surface area (Å²) in [6.45, 7) is 6.19. The molecule has 1 fully saturated rings. The van der Waals surface area contributed by atoms with Crippen LogP contribution in [0.25, 0.3) is 0 Å². The van der Waals surface area contributed by atoms with Crippen molar-refractivity contribution in [2.75, 3.05) is 11.1 Å². The number of para-hydroxylation sites is 1. The van der Waals surface area contributed by atoms with Gasteiger partial charge in [0.1, 0.15) is 0 Å². The highest BCUT2D eigenvalue weighted by Gasteiger charge is 2.23. The van der Waals surface area contributed by atoms with Crippen molar-refractivity contribution in [1.29, 1.82) is 0 Å². The van der Waals surface area contributed by atoms with E-state index >= 15 is 0 Å². The number of anilines is 1. The third-order valence-electron chi connectivity index (χ3n) is 4.80. The van der Waals surface area contributed by atoms with Crippen molar-refractivity contribution < 1.29 is 4.79 Å². The van der Waals surface area contributed by atoms with Crippen LogP contribution in [0.4, 0.5) is 5.69 Å². The van der Waals surface area contributed by atoms with E-state index in [0.29, 0.717) is 11.8 Å². The maximum Gasteiger partial charge on any atom is 0.234 e. The number of benzene rings is 1. The van der Waals surface area contributed by atoms with E-state index in [2.05, 4.69) is 23.7 Å². The maximum atomic E-state index is 12.3. The first-order valence-electron chi connectivity index (χ1n) is 8.60. The molecular formula is C19H25N3OS. The number of nitrogens with zero attached hydrogens (tertiary/aromatic N) is 2. The van der Waals surface area contributed by atoms with Crippen LogP contribution in [0.2, 0.25) is 0 Å². The number of rotatable bonds is 5. The van der Waals surface area contributed by atoms with Crippen LogP contribution < -0.4 is 5.32 Å². The molecule has 2 aromatic rings. The average Bonchev–Trinajstić information content (AvgIpc) is 3.17. The van der Waals surface area contributed by atoms with Gasteiger partial charge in [0.25, 0.3) is 0 Å². The summed E-state index contributed by atoms with van der Waals surface area (Å²) in [4.78, 5) is 17.0. The molecule has 24 heavy (non-hydrogen) atoms. The van der Waals surface area contributed by atoms with Crippen LogP contribution in [0.5, 0.6) is 0 Å². The molecule has 1 aromatic carbocycles. The second-order valence-corrected chi connectivity index (χ2v) is 7.47. The molecule has 0 atom stereocenters. The zero-order chi connectivity index (χ0) is 17.1. The highest BCUT2D eigenvalue weighted by Crippen LogP contribution is 2.35. The first-order chi connectivity index (χ1) is 11.6. The number of imidazole rings is 1. The molecule has 0 radical (unpaired) electrons. The minimum Gasteiger partial charge on any atom is -0.325 e. The first-order valence-corrected chi connectivity index (χ1v) is 9.58. The summed E-state index contributed by atoms with van der Waals surface area (Å²) in [7, 11) is 0. The van der Waals surface area contributed by atoms with E-state index < -0.39 is 0 Å². The van der Waals surface area contributed by atoms with Crippen molar-refractivity contribution in [3.63, 3.8) is 0 Å². The van der Waals surface area contributed by atoms with Crippen molar-refractivity contribution >= 4 is 23.4 Å². The Morgan fingerprint density at radius 1 is 1.25 bits per heavy atom. The Morgan fingerprint density at radius 3 is 2.67 bits per heavy atom. The molecule has 0 bridgehead atoms. The van der Waals surface area contributed by atoms with E-state index in [4.69, 9.17) is 4.98 Å². The van der Waals surface area contributed by atoms with Crippen molar-refractivity contribution in [1.82, 2.24) is 9.55 Å². The molecule has 1 aliphatic carbocycles. The lowest BCUT2D eigenvalue weighted by atomic mass is 10.2. The summed E-state index contributed by atoms with van der Waals surface area (Å²) in [6.07, 6.45) is 5.03. The van der Waals surface area contributed by atoms with Crippen LogP contribution in [0.3, 0.4) is 0 Å². The minimum absolute atomic E-state index is 0.0191. The zero-order valence-corrected chi connectivity index (χ0v) is 15.4. The van der Waals surface area contributed by atoms with E-state index in [9.17, 15) is 4.79 Å². The molecule has 1 aromatic heterocycles. The second-order valence-electron chi connectivity index (χ2n) is 6.53. The molecule has 1 heterocycles. The van der Waals surface area contributed by atoms with Crippen molar-refractivity contribution in [2.45, 2.75) is 57.7 Å². The van der Waals surface area contributed by atoms with Crippen LogP contribution in [-0.4, -0.2) is 21.2 Å². The zero-order valence-electron chi connectivity index (χ0n) is 14.6. The molecule has 0 spiro atoms. The van der Waals surface area contributed by atoms with Gasteiger partial charge in [0.2, 0.25) is 5.91 Å². The van der Waals surface area contributed by atoms with Crippen LogP contribution >= 0.6 is 11.8 Å². The predicted molar refractivity (Wildman–Crippen MR) is 99.7 cm³/mol. The van der Waals surface area contributed by atoms with Crippen molar-refractivity contribution in [3.8, 4) is 0 Å². The molecule has 0 unspecified atom stereocenters. The van der Waals surface area contributed by atoms with Gasteiger partial charge in [0.15, 0.2) is 5.16 Å². The number of carbonyl (C=O) groups excluding carboxylic acids is 1. The monoisotopic (exact) mass is 343 g/mol. The molecule has 4 nitrogen and oxygen atoms in total. The van der Waals surface area contributed by atoms with Gasteiger partial charge < -0.3 is 9.88 Å². The van der Waals surface area contributed by atoms with Gasteiger partial charge in [-0.1, -0.05) is 42.8 Å². The Morgan fingerprint density at radius 2 is 1.96 bits per heavy atom. The van der Waals surface area contributed by atoms with Gasteiger partial charge in [-0.2, -0.15) is 0 Å². The smallest absolute Gasteiger partial charge is 0.234 e. The molecule has 1 amide bonds. The van der Waals surface area contributed by atoms with Gasteiger partial charge in [0.05, 0.1) is 11.4 Å². The fraction of sp³-hybridized carbons (Fsp3) is 0.474. The third-order valence-corrected chi connectivity index (χ3v) is 5.75. The Bertz CT molecular complexity index is 732. The first kappa shape index (κ1) is 17.1. The molecule has 1 saturated carbocycles. The summed E-state index contributed by atoms with van der Waals surface area (Å²) in [5, 5.41) is 3.98. The maximum absolute atomic E-state index is 12.3. The quantitative estimate of drug-likeness (QED) is 0.804. The summed E-state index contributed by atoms with van der Waals surface area (Å²) in [6, 6.07) is 8.40. The summed E-state index contributed by atoms with van der Waals surface area (Å²) < 4.78 is 2.36. The van der Waals surface area contributed by atoms with E-state index in [1.165, 1.54) is 31.4 Å². The summed E-state index contributed by atoms with van der Waals surface area (Å²) in [5.74, 6) is 0.405. The number of hydrogen-bond acceptors (Lipinski definition) is 3. The van der Waals surface area contributed by atoms with E-state index in [1.54, 1.807) is 11.8 Å². The van der Waals surface area contributed by atoms with Gasteiger partial charge in [0, 0.05) is 17.4 Å². The van der Waals surface area contributed by atoms with Crippen LogP contribution in [0, 0.1) is 20.8 Å². The van der Waals surface area contributed by atoms with E-state index in [-0.39, 0.29) is 5.91 Å². The third kappa shape index (κ3) is 3.66. The molecule has 1 N–H and O–H groups in total. The molecule has 1 aliphatic rings. The van der Waals surface area contributed by atoms with Crippen LogP contribution in [-0.2, 0) is 4.79 Å². The minimum atomic E-state index is 0.0191. The average molecular weight is 343 g/mol. The number of thioether (sulfide) groups is 1. The Kier molecular flexibility index (Phi) is 5.29. The van der Waals surface area contributed by atoms with E-state index in [1.807, 2.05) is 31.2 Å². The highest BCUT2D eigenvalue weighted by molar-refractivity contribution is 7.99. The van der Waals surface area contributed by atoms with Crippen LogP contribution in [0.15, 0.2) is 29.4 Å². The van der Waals surface area contributed by atoms with Crippen LogP contribution in [0.1, 0.15) is 48.7 Å². The summed E-state index contributed by atoms with van der Waals surface area (Å²) >= 11 is 1.54. The van der Waals surface area contributed by atoms with Gasteiger partial charge in [-0.05, 0) is 45.2 Å². The lowest BCUT2D eigenvalue weighted by Gasteiger charge is -2.17. The number of aromatic nitrogens is 2. The molecule has 128 valence electrons. The number of aryl methyl sites for hydroxylation is 2. The normalized spacial score (nSPS) is 15.0. The SMILES string of the molecule is Cc1ccccc1NC(=O)CSc1nc(C)c(C)n1C1CCCC1. The van der Waals surface area contributed by atoms with Gasteiger partial charge in [-0.15, -0.1) is 0 Å². The highest BCUT2D eigenvalue weighted by atomic mass is 32.2. The van der Waals surface area contributed by atoms with Crippen molar-refractivity contribution in [3.05, 3.63) is 41.2 Å². The topological polar surface area (TPSA) is 46.9 Å². The van der Waals surface area contributed by atoms with E-state index in [0.717, 1.165) is 22.1 Å². The Balaban J connectivity index is 1.67. The Hall–Kier alpha value is -1.75. The number of carbonyl (C=O) groups is 1. The molecular weight excluding hydrogens is 318 g/mol. The standard InChI is InChI=1S/C19H25N3OS/c1-13-8-4-7-11-17(13)21-18(23)12-24-19-20-14(2)15(3)22(19)16-9-5-6-10-16/h4,7-8,11,16H,5-6,9-10,12H2,1-3H3,(H,21,23). The lowest BCUT2D eigenvalue weighted by Crippen LogP contribution is -2.16. The Labute approximate surface area is 148 Å².